The molecule has 1 heterocycles. The van der Waals surface area contributed by atoms with Gasteiger partial charge in [-0.15, -0.1) is 0 Å². The highest BCUT2D eigenvalue weighted by atomic mass is 32.2. The lowest BCUT2D eigenvalue weighted by Crippen LogP contribution is -2.47. The van der Waals surface area contributed by atoms with Crippen molar-refractivity contribution in [3.8, 4) is 0 Å². The first-order chi connectivity index (χ1) is 4.64. The summed E-state index contributed by atoms with van der Waals surface area (Å²) in [4.78, 5) is 0. The van der Waals surface area contributed by atoms with Crippen LogP contribution in [0.2, 0.25) is 0 Å². The summed E-state index contributed by atoms with van der Waals surface area (Å²) >= 11 is 0. The molecule has 0 aliphatic carbocycles. The van der Waals surface area contributed by atoms with Crippen molar-refractivity contribution in [2.75, 3.05) is 18.1 Å². The minimum atomic E-state index is -2.74. The summed E-state index contributed by atoms with van der Waals surface area (Å²) in [7, 11) is -2.74. The Morgan fingerprint density at radius 2 is 2.20 bits per heavy atom. The molecule has 0 radical (unpaired) electrons. The second-order valence-electron chi connectivity index (χ2n) is 2.64. The van der Waals surface area contributed by atoms with Crippen LogP contribution in [0, 0.1) is 0 Å². The Balaban J connectivity index is 2.36. The molecule has 4 heteroatoms. The van der Waals surface area contributed by atoms with Gasteiger partial charge in [0.1, 0.15) is 0 Å². The van der Waals surface area contributed by atoms with E-state index in [1.54, 1.807) is 6.92 Å². The van der Waals surface area contributed by atoms with E-state index in [2.05, 4.69) is 5.32 Å². The second-order valence-corrected chi connectivity index (χ2v) is 5.04. The highest BCUT2D eigenvalue weighted by Crippen LogP contribution is 2.05. The van der Waals surface area contributed by atoms with E-state index in [4.69, 9.17) is 0 Å². The Kier molecular flexibility index (Phi) is 2.31. The van der Waals surface area contributed by atoms with Crippen LogP contribution in [0.4, 0.5) is 0 Å². The van der Waals surface area contributed by atoms with Crippen LogP contribution in [0.25, 0.3) is 0 Å². The molecule has 1 fully saturated rings. The molecule has 1 atom stereocenters. The maximum atomic E-state index is 11.0. The van der Waals surface area contributed by atoms with Gasteiger partial charge in [0.15, 0.2) is 9.84 Å². The van der Waals surface area contributed by atoms with Crippen molar-refractivity contribution in [1.82, 2.24) is 5.32 Å². The van der Waals surface area contributed by atoms with E-state index in [-0.39, 0.29) is 11.8 Å². The molecule has 3 nitrogen and oxygen atoms in total. The standard InChI is InChI=1S/C6H13NO2S/c1-2-10(8,9)5-6-3-4-7-6/h6-7H,2-5H2,1H3/t6-/m0/s1. The maximum Gasteiger partial charge on any atom is 0.151 e. The van der Waals surface area contributed by atoms with Crippen molar-refractivity contribution in [3.63, 3.8) is 0 Å². The van der Waals surface area contributed by atoms with Crippen LogP contribution in [-0.4, -0.2) is 32.5 Å². The summed E-state index contributed by atoms with van der Waals surface area (Å²) in [5.74, 6) is 0.592. The quantitative estimate of drug-likeness (QED) is 0.626. The lowest BCUT2D eigenvalue weighted by atomic mass is 10.1. The average molecular weight is 163 g/mol. The monoisotopic (exact) mass is 163 g/mol. The third kappa shape index (κ3) is 1.95. The highest BCUT2D eigenvalue weighted by Gasteiger charge is 2.22. The Morgan fingerprint density at radius 1 is 1.60 bits per heavy atom. The topological polar surface area (TPSA) is 46.2 Å². The van der Waals surface area contributed by atoms with Crippen molar-refractivity contribution in [3.05, 3.63) is 0 Å². The van der Waals surface area contributed by atoms with Gasteiger partial charge >= 0.3 is 0 Å². The second kappa shape index (κ2) is 2.88. The number of hydrogen-bond donors (Lipinski definition) is 1. The summed E-state index contributed by atoms with van der Waals surface area (Å²) < 4.78 is 21.9. The van der Waals surface area contributed by atoms with Gasteiger partial charge in [-0.3, -0.25) is 0 Å². The Labute approximate surface area is 61.7 Å². The summed E-state index contributed by atoms with van der Waals surface area (Å²) in [6, 6.07) is 0.241. The number of hydrogen-bond acceptors (Lipinski definition) is 3. The molecule has 0 unspecified atom stereocenters. The van der Waals surface area contributed by atoms with Crippen molar-refractivity contribution >= 4 is 9.84 Å². The first-order valence-electron chi connectivity index (χ1n) is 3.58. The molecule has 1 N–H and O–H groups in total. The first kappa shape index (κ1) is 8.01. The molecule has 10 heavy (non-hydrogen) atoms. The van der Waals surface area contributed by atoms with Crippen LogP contribution >= 0.6 is 0 Å². The number of rotatable bonds is 3. The summed E-state index contributed by atoms with van der Waals surface area (Å²) in [6.07, 6.45) is 1.01. The minimum Gasteiger partial charge on any atom is -0.313 e. The van der Waals surface area contributed by atoms with Crippen molar-refractivity contribution in [1.29, 1.82) is 0 Å². The van der Waals surface area contributed by atoms with E-state index in [9.17, 15) is 8.42 Å². The average Bonchev–Trinajstić information content (AvgIpc) is 1.80. The molecule has 0 aromatic rings. The van der Waals surface area contributed by atoms with Gasteiger partial charge in [-0.05, 0) is 13.0 Å². The van der Waals surface area contributed by atoms with Gasteiger partial charge in [0.05, 0.1) is 5.75 Å². The summed E-state index contributed by atoms with van der Waals surface area (Å²) in [5, 5.41) is 3.06. The van der Waals surface area contributed by atoms with E-state index in [1.807, 2.05) is 0 Å². The molecular weight excluding hydrogens is 150 g/mol. The Hall–Kier alpha value is -0.0900. The fourth-order valence-corrected chi connectivity index (χ4v) is 2.05. The molecule has 1 aliphatic rings. The summed E-state index contributed by atoms with van der Waals surface area (Å²) in [6.45, 7) is 2.66. The number of nitrogens with one attached hydrogen (secondary N) is 1. The largest absolute Gasteiger partial charge is 0.313 e. The minimum absolute atomic E-state index is 0.241. The van der Waals surface area contributed by atoms with Gasteiger partial charge in [0.2, 0.25) is 0 Å². The van der Waals surface area contributed by atoms with Crippen LogP contribution in [0.5, 0.6) is 0 Å². The van der Waals surface area contributed by atoms with Gasteiger partial charge in [0, 0.05) is 11.8 Å². The molecule has 0 aromatic carbocycles. The van der Waals surface area contributed by atoms with E-state index in [0.29, 0.717) is 5.75 Å². The lowest BCUT2D eigenvalue weighted by Gasteiger charge is -2.26. The van der Waals surface area contributed by atoms with Gasteiger partial charge in [-0.25, -0.2) is 8.42 Å². The van der Waals surface area contributed by atoms with E-state index >= 15 is 0 Å². The van der Waals surface area contributed by atoms with Crippen LogP contribution in [0.15, 0.2) is 0 Å². The molecule has 60 valence electrons. The molecule has 1 aliphatic heterocycles. The lowest BCUT2D eigenvalue weighted by molar-refractivity contribution is 0.399. The highest BCUT2D eigenvalue weighted by molar-refractivity contribution is 7.91. The molecule has 1 rings (SSSR count). The predicted molar refractivity (Wildman–Crippen MR) is 40.7 cm³/mol. The van der Waals surface area contributed by atoms with Crippen LogP contribution in [0.1, 0.15) is 13.3 Å². The zero-order valence-electron chi connectivity index (χ0n) is 6.13. The van der Waals surface area contributed by atoms with Gasteiger partial charge in [-0.2, -0.15) is 0 Å². The molecule has 0 amide bonds. The Bertz CT molecular complexity index is 194. The smallest absolute Gasteiger partial charge is 0.151 e. The predicted octanol–water partition coefficient (Wildman–Crippen LogP) is -0.217. The maximum absolute atomic E-state index is 11.0. The van der Waals surface area contributed by atoms with Crippen molar-refractivity contribution in [2.24, 2.45) is 0 Å². The van der Waals surface area contributed by atoms with Gasteiger partial charge < -0.3 is 5.32 Å². The molecule has 0 aromatic heterocycles. The number of sulfone groups is 1. The summed E-state index contributed by atoms with van der Waals surface area (Å²) in [5.41, 5.74) is 0. The first-order valence-corrected chi connectivity index (χ1v) is 5.40. The molecular formula is C6H13NO2S. The zero-order chi connectivity index (χ0) is 7.61. The fraction of sp³-hybridized carbons (Fsp3) is 1.00. The third-order valence-electron chi connectivity index (χ3n) is 1.82. The van der Waals surface area contributed by atoms with Gasteiger partial charge in [0.25, 0.3) is 0 Å². The van der Waals surface area contributed by atoms with E-state index in [1.165, 1.54) is 0 Å². The molecule has 0 saturated carbocycles. The van der Waals surface area contributed by atoms with Crippen molar-refractivity contribution in [2.45, 2.75) is 19.4 Å². The molecule has 0 spiro atoms. The SMILES string of the molecule is CCS(=O)(=O)C[C@@H]1CCN1. The molecule has 0 bridgehead atoms. The van der Waals surface area contributed by atoms with E-state index in [0.717, 1.165) is 13.0 Å². The van der Waals surface area contributed by atoms with Crippen LogP contribution in [0.3, 0.4) is 0 Å². The Morgan fingerprint density at radius 3 is 2.50 bits per heavy atom. The van der Waals surface area contributed by atoms with Crippen molar-refractivity contribution < 1.29 is 8.42 Å². The molecule has 1 saturated heterocycles. The van der Waals surface area contributed by atoms with Crippen LogP contribution in [-0.2, 0) is 9.84 Å². The third-order valence-corrected chi connectivity index (χ3v) is 3.61. The van der Waals surface area contributed by atoms with Crippen LogP contribution < -0.4 is 5.32 Å². The fourth-order valence-electron chi connectivity index (χ4n) is 0.915. The normalized spacial score (nSPS) is 25.9. The van der Waals surface area contributed by atoms with Gasteiger partial charge in [-0.1, -0.05) is 6.92 Å². The van der Waals surface area contributed by atoms with E-state index < -0.39 is 9.84 Å². The zero-order valence-corrected chi connectivity index (χ0v) is 6.95.